The second-order valence-electron chi connectivity index (χ2n) is 9.23. The third-order valence-electron chi connectivity index (χ3n) is 6.88. The molecule has 3 aromatic carbocycles. The van der Waals surface area contributed by atoms with Crippen LogP contribution in [0.2, 0.25) is 0 Å². The first kappa shape index (κ1) is 24.6. The maximum atomic E-state index is 13.1. The van der Waals surface area contributed by atoms with Crippen molar-refractivity contribution < 1.29 is 14.2 Å². The summed E-state index contributed by atoms with van der Waals surface area (Å²) < 4.78 is 16.3. The number of methoxy groups -OCH3 is 3. The molecule has 8 heteroatoms. The van der Waals surface area contributed by atoms with Crippen LogP contribution < -0.4 is 25.1 Å². The lowest BCUT2D eigenvalue weighted by atomic mass is 10.0. The predicted molar refractivity (Wildman–Crippen MR) is 146 cm³/mol. The number of ether oxygens (including phenoxy) is 3. The molecule has 1 saturated heterocycles. The molecule has 2 N–H and O–H groups in total. The van der Waals surface area contributed by atoms with Gasteiger partial charge < -0.3 is 24.5 Å². The van der Waals surface area contributed by atoms with Gasteiger partial charge in [0.05, 0.1) is 26.8 Å². The van der Waals surface area contributed by atoms with Crippen molar-refractivity contribution in [3.05, 3.63) is 76.6 Å². The third-order valence-corrected chi connectivity index (χ3v) is 6.88. The van der Waals surface area contributed by atoms with E-state index in [1.807, 2.05) is 18.2 Å². The number of H-pyrrole nitrogens is 1. The van der Waals surface area contributed by atoms with Crippen LogP contribution in [-0.4, -0.2) is 55.3 Å². The van der Waals surface area contributed by atoms with E-state index in [1.54, 1.807) is 26.4 Å². The Morgan fingerprint density at radius 2 is 1.70 bits per heavy atom. The third kappa shape index (κ3) is 5.39. The van der Waals surface area contributed by atoms with Crippen LogP contribution in [-0.2, 0) is 6.54 Å². The van der Waals surface area contributed by atoms with Crippen molar-refractivity contribution in [1.82, 2.24) is 14.9 Å². The Balaban J connectivity index is 1.41. The average molecular weight is 501 g/mol. The molecule has 0 saturated carbocycles. The van der Waals surface area contributed by atoms with E-state index in [1.165, 1.54) is 12.7 Å². The number of hydrogen-bond acceptors (Lipinski definition) is 7. The first-order valence-electron chi connectivity index (χ1n) is 12.4. The summed E-state index contributed by atoms with van der Waals surface area (Å²) in [7, 11) is 4.75. The first-order valence-corrected chi connectivity index (χ1v) is 12.4. The molecular formula is C29H32N4O4. The number of aromatic amines is 1. The molecule has 5 rings (SSSR count). The lowest BCUT2D eigenvalue weighted by molar-refractivity contribution is 0.211. The Kier molecular flexibility index (Phi) is 7.28. The Hall–Kier alpha value is -4.04. The summed E-state index contributed by atoms with van der Waals surface area (Å²) >= 11 is 0. The van der Waals surface area contributed by atoms with E-state index in [9.17, 15) is 4.79 Å². The van der Waals surface area contributed by atoms with Crippen LogP contribution in [0.1, 0.15) is 18.4 Å². The fraction of sp³-hybridized carbons (Fsp3) is 0.310. The van der Waals surface area contributed by atoms with Gasteiger partial charge in [0.2, 0.25) is 0 Å². The van der Waals surface area contributed by atoms with Gasteiger partial charge in [-0.3, -0.25) is 9.69 Å². The molecule has 1 aliphatic heterocycles. The van der Waals surface area contributed by atoms with E-state index in [4.69, 9.17) is 19.2 Å². The number of nitrogens with zero attached hydrogens (tertiary/aromatic N) is 2. The fourth-order valence-corrected chi connectivity index (χ4v) is 4.89. The maximum absolute atomic E-state index is 13.1. The summed E-state index contributed by atoms with van der Waals surface area (Å²) in [6.45, 7) is 2.99. The van der Waals surface area contributed by atoms with Gasteiger partial charge in [-0.15, -0.1) is 0 Å². The van der Waals surface area contributed by atoms with Crippen molar-refractivity contribution in [1.29, 1.82) is 0 Å². The quantitative estimate of drug-likeness (QED) is 0.363. The minimum Gasteiger partial charge on any atom is -0.497 e. The SMILES string of the molecule is COc1ccc(-c2nc3cc(OC)cc(OC)c3c(=O)[nH]2)c(NC2CCN(Cc3ccccc3)CC2)c1. The Labute approximate surface area is 216 Å². The highest BCUT2D eigenvalue weighted by atomic mass is 16.5. The maximum Gasteiger partial charge on any atom is 0.262 e. The van der Waals surface area contributed by atoms with Gasteiger partial charge in [-0.2, -0.15) is 0 Å². The van der Waals surface area contributed by atoms with E-state index >= 15 is 0 Å². The molecular weight excluding hydrogens is 468 g/mol. The molecule has 192 valence electrons. The lowest BCUT2D eigenvalue weighted by Crippen LogP contribution is -2.38. The van der Waals surface area contributed by atoms with Gasteiger partial charge in [0.15, 0.2) is 0 Å². The molecule has 0 radical (unpaired) electrons. The Morgan fingerprint density at radius 3 is 2.41 bits per heavy atom. The highest BCUT2D eigenvalue weighted by molar-refractivity contribution is 5.88. The van der Waals surface area contributed by atoms with Crippen molar-refractivity contribution in [3.63, 3.8) is 0 Å². The van der Waals surface area contributed by atoms with E-state index in [2.05, 4.69) is 45.5 Å². The number of aromatic nitrogens is 2. The summed E-state index contributed by atoms with van der Waals surface area (Å²) in [4.78, 5) is 23.3. The molecule has 0 spiro atoms. The Bertz CT molecular complexity index is 1430. The largest absolute Gasteiger partial charge is 0.497 e. The molecule has 8 nitrogen and oxygen atoms in total. The summed E-state index contributed by atoms with van der Waals surface area (Å²) in [5.41, 5.74) is 3.25. The molecule has 4 aromatic rings. The van der Waals surface area contributed by atoms with E-state index < -0.39 is 0 Å². The minimum absolute atomic E-state index is 0.268. The van der Waals surface area contributed by atoms with E-state index in [0.717, 1.165) is 49.5 Å². The zero-order valence-electron chi connectivity index (χ0n) is 21.4. The molecule has 1 aromatic heterocycles. The predicted octanol–water partition coefficient (Wildman–Crippen LogP) is 4.69. The van der Waals surface area contributed by atoms with Crippen molar-refractivity contribution in [2.45, 2.75) is 25.4 Å². The number of hydrogen-bond donors (Lipinski definition) is 2. The number of rotatable bonds is 8. The molecule has 0 aliphatic carbocycles. The molecule has 0 bridgehead atoms. The molecule has 0 atom stereocenters. The summed E-state index contributed by atoms with van der Waals surface area (Å²) in [5.74, 6) is 2.20. The van der Waals surface area contributed by atoms with Crippen molar-refractivity contribution in [2.24, 2.45) is 0 Å². The number of likely N-dealkylation sites (tertiary alicyclic amines) is 1. The molecule has 2 heterocycles. The number of piperidine rings is 1. The monoisotopic (exact) mass is 500 g/mol. The van der Waals surface area contributed by atoms with Crippen molar-refractivity contribution in [3.8, 4) is 28.6 Å². The van der Waals surface area contributed by atoms with Gasteiger partial charge >= 0.3 is 0 Å². The zero-order chi connectivity index (χ0) is 25.8. The van der Waals surface area contributed by atoms with Crippen LogP contribution in [0.3, 0.4) is 0 Å². The van der Waals surface area contributed by atoms with Gasteiger partial charge in [-0.25, -0.2) is 4.98 Å². The summed E-state index contributed by atoms with van der Waals surface area (Å²) in [6, 6.07) is 20.1. The van der Waals surface area contributed by atoms with Gasteiger partial charge in [0.25, 0.3) is 5.56 Å². The number of nitrogens with one attached hydrogen (secondary N) is 2. The summed E-state index contributed by atoms with van der Waals surface area (Å²) in [6.07, 6.45) is 2.03. The second-order valence-corrected chi connectivity index (χ2v) is 9.23. The molecule has 1 fully saturated rings. The highest BCUT2D eigenvalue weighted by Crippen LogP contribution is 2.33. The van der Waals surface area contributed by atoms with Gasteiger partial charge in [-0.1, -0.05) is 30.3 Å². The molecule has 37 heavy (non-hydrogen) atoms. The van der Waals surface area contributed by atoms with Crippen molar-refractivity contribution >= 4 is 16.6 Å². The fourth-order valence-electron chi connectivity index (χ4n) is 4.89. The molecule has 0 amide bonds. The van der Waals surface area contributed by atoms with Crippen LogP contribution in [0.4, 0.5) is 5.69 Å². The lowest BCUT2D eigenvalue weighted by Gasteiger charge is -2.33. The standard InChI is InChI=1S/C29H32N4O4/c1-35-21-9-10-23(28-31-25-16-22(36-2)17-26(37-3)27(25)29(34)32-28)24(15-21)30-20-11-13-33(14-12-20)18-19-7-5-4-6-8-19/h4-10,15-17,20,30H,11-14,18H2,1-3H3,(H,31,32,34). The van der Waals surface area contributed by atoms with Crippen LogP contribution in [0.15, 0.2) is 65.5 Å². The van der Waals surface area contributed by atoms with E-state index in [-0.39, 0.29) is 5.56 Å². The number of anilines is 1. The van der Waals surface area contributed by atoms with Crippen LogP contribution in [0.25, 0.3) is 22.3 Å². The minimum atomic E-state index is -0.268. The molecule has 0 unspecified atom stereocenters. The smallest absolute Gasteiger partial charge is 0.262 e. The van der Waals surface area contributed by atoms with Crippen LogP contribution in [0, 0.1) is 0 Å². The topological polar surface area (TPSA) is 88.7 Å². The normalized spacial score (nSPS) is 14.5. The average Bonchev–Trinajstić information content (AvgIpc) is 2.93. The number of benzene rings is 3. The Morgan fingerprint density at radius 1 is 0.946 bits per heavy atom. The number of fused-ring (bicyclic) bond motifs is 1. The first-order chi connectivity index (χ1) is 18.1. The highest BCUT2D eigenvalue weighted by Gasteiger charge is 2.22. The zero-order valence-corrected chi connectivity index (χ0v) is 21.4. The van der Waals surface area contributed by atoms with E-state index in [0.29, 0.717) is 34.3 Å². The van der Waals surface area contributed by atoms with Crippen LogP contribution in [0.5, 0.6) is 17.2 Å². The van der Waals surface area contributed by atoms with Gasteiger partial charge in [0, 0.05) is 55.1 Å². The van der Waals surface area contributed by atoms with Gasteiger partial charge in [0.1, 0.15) is 28.5 Å². The second kappa shape index (κ2) is 10.9. The van der Waals surface area contributed by atoms with Crippen LogP contribution >= 0.6 is 0 Å². The molecule has 1 aliphatic rings. The van der Waals surface area contributed by atoms with Gasteiger partial charge in [-0.05, 0) is 30.5 Å². The summed E-state index contributed by atoms with van der Waals surface area (Å²) in [5, 5.41) is 4.09. The van der Waals surface area contributed by atoms with Crippen molar-refractivity contribution in [2.75, 3.05) is 39.7 Å².